The van der Waals surface area contributed by atoms with Crippen molar-refractivity contribution in [2.45, 2.75) is 32.2 Å². The number of aryl methyl sites for hydroxylation is 2. The van der Waals surface area contributed by atoms with Gasteiger partial charge in [-0.05, 0) is 49.4 Å². The third-order valence-corrected chi connectivity index (χ3v) is 4.07. The van der Waals surface area contributed by atoms with E-state index in [9.17, 15) is 9.90 Å². The fourth-order valence-corrected chi connectivity index (χ4v) is 2.97. The van der Waals surface area contributed by atoms with Crippen molar-refractivity contribution in [1.82, 2.24) is 5.32 Å². The SMILES string of the molecule is Cc1ccc(O)c(C(=O)N[C@H]2CCCc3ccccc32)c1. The first kappa shape index (κ1) is 13.7. The number of carbonyl (C=O) groups is 1. The first-order valence-electron chi connectivity index (χ1n) is 7.33. The summed E-state index contributed by atoms with van der Waals surface area (Å²) in [5.41, 5.74) is 3.81. The zero-order chi connectivity index (χ0) is 14.8. The molecule has 0 aliphatic heterocycles. The van der Waals surface area contributed by atoms with E-state index in [1.54, 1.807) is 18.2 Å². The van der Waals surface area contributed by atoms with E-state index in [4.69, 9.17) is 0 Å². The lowest BCUT2D eigenvalue weighted by Gasteiger charge is -2.26. The standard InChI is InChI=1S/C18H19NO2/c1-12-9-10-17(20)15(11-12)18(21)19-16-8-4-6-13-5-2-3-7-14(13)16/h2-3,5,7,9-11,16,20H,4,6,8H2,1H3,(H,19,21)/t16-/m0/s1. The number of hydrogen-bond donors (Lipinski definition) is 2. The lowest BCUT2D eigenvalue weighted by atomic mass is 9.87. The molecule has 3 nitrogen and oxygen atoms in total. The van der Waals surface area contributed by atoms with Gasteiger partial charge in [-0.1, -0.05) is 35.9 Å². The van der Waals surface area contributed by atoms with Gasteiger partial charge in [0.25, 0.3) is 5.91 Å². The molecule has 1 aliphatic rings. The second-order valence-corrected chi connectivity index (χ2v) is 5.64. The molecule has 2 aromatic carbocycles. The fraction of sp³-hybridized carbons (Fsp3) is 0.278. The molecule has 0 unspecified atom stereocenters. The number of rotatable bonds is 2. The molecule has 21 heavy (non-hydrogen) atoms. The minimum Gasteiger partial charge on any atom is -0.507 e. The summed E-state index contributed by atoms with van der Waals surface area (Å²) in [5.74, 6) is -0.180. The lowest BCUT2D eigenvalue weighted by Crippen LogP contribution is -2.31. The van der Waals surface area contributed by atoms with Gasteiger partial charge in [-0.25, -0.2) is 0 Å². The third-order valence-electron chi connectivity index (χ3n) is 4.07. The predicted octanol–water partition coefficient (Wildman–Crippen LogP) is 3.51. The summed E-state index contributed by atoms with van der Waals surface area (Å²) in [7, 11) is 0. The Morgan fingerprint density at radius 1 is 1.24 bits per heavy atom. The summed E-state index contributed by atoms with van der Waals surface area (Å²) < 4.78 is 0. The van der Waals surface area contributed by atoms with E-state index in [1.807, 2.05) is 19.1 Å². The Hall–Kier alpha value is -2.29. The molecule has 0 radical (unpaired) electrons. The molecule has 0 saturated carbocycles. The van der Waals surface area contributed by atoms with Crippen LogP contribution < -0.4 is 5.32 Å². The third kappa shape index (κ3) is 2.77. The van der Waals surface area contributed by atoms with E-state index in [0.29, 0.717) is 5.56 Å². The molecule has 0 fully saturated rings. The first-order valence-corrected chi connectivity index (χ1v) is 7.33. The molecule has 1 aliphatic carbocycles. The number of nitrogens with one attached hydrogen (secondary N) is 1. The van der Waals surface area contributed by atoms with Crippen LogP contribution in [0.15, 0.2) is 42.5 Å². The maximum absolute atomic E-state index is 12.4. The van der Waals surface area contributed by atoms with Crippen LogP contribution in [0.5, 0.6) is 5.75 Å². The minimum atomic E-state index is -0.210. The molecule has 108 valence electrons. The van der Waals surface area contributed by atoms with E-state index < -0.39 is 0 Å². The molecule has 0 saturated heterocycles. The van der Waals surface area contributed by atoms with E-state index in [2.05, 4.69) is 17.4 Å². The summed E-state index contributed by atoms with van der Waals surface area (Å²) in [6.07, 6.45) is 3.08. The van der Waals surface area contributed by atoms with Crippen LogP contribution in [0.4, 0.5) is 0 Å². The number of fused-ring (bicyclic) bond motifs is 1. The Kier molecular flexibility index (Phi) is 3.65. The second kappa shape index (κ2) is 5.60. The van der Waals surface area contributed by atoms with Gasteiger partial charge >= 0.3 is 0 Å². The summed E-state index contributed by atoms with van der Waals surface area (Å²) in [5, 5.41) is 12.9. The van der Waals surface area contributed by atoms with Crippen LogP contribution in [-0.4, -0.2) is 11.0 Å². The number of aromatic hydroxyl groups is 1. The molecule has 0 aromatic heterocycles. The van der Waals surface area contributed by atoms with Gasteiger partial charge in [-0.2, -0.15) is 0 Å². The molecule has 1 amide bonds. The molecule has 0 bridgehead atoms. The van der Waals surface area contributed by atoms with Crippen molar-refractivity contribution in [3.8, 4) is 5.75 Å². The average Bonchev–Trinajstić information content (AvgIpc) is 2.50. The van der Waals surface area contributed by atoms with Crippen molar-refractivity contribution in [3.05, 3.63) is 64.7 Å². The maximum atomic E-state index is 12.4. The van der Waals surface area contributed by atoms with Gasteiger partial charge in [0, 0.05) is 0 Å². The van der Waals surface area contributed by atoms with Gasteiger partial charge in [-0.3, -0.25) is 4.79 Å². The largest absolute Gasteiger partial charge is 0.507 e. The van der Waals surface area contributed by atoms with Crippen LogP contribution >= 0.6 is 0 Å². The predicted molar refractivity (Wildman–Crippen MR) is 82.4 cm³/mol. The molecule has 2 N–H and O–H groups in total. The van der Waals surface area contributed by atoms with Gasteiger partial charge in [0.15, 0.2) is 0 Å². The van der Waals surface area contributed by atoms with Gasteiger partial charge in [-0.15, -0.1) is 0 Å². The first-order chi connectivity index (χ1) is 10.1. The molecule has 0 spiro atoms. The molecular formula is C18H19NO2. The Balaban J connectivity index is 1.84. The summed E-state index contributed by atoms with van der Waals surface area (Å²) in [4.78, 5) is 12.4. The molecule has 3 heteroatoms. The highest BCUT2D eigenvalue weighted by atomic mass is 16.3. The van der Waals surface area contributed by atoms with Crippen LogP contribution in [-0.2, 0) is 6.42 Å². The van der Waals surface area contributed by atoms with E-state index >= 15 is 0 Å². The Morgan fingerprint density at radius 2 is 2.05 bits per heavy atom. The Bertz CT molecular complexity index is 679. The number of carbonyl (C=O) groups excluding carboxylic acids is 1. The van der Waals surface area contributed by atoms with Crippen molar-refractivity contribution in [2.75, 3.05) is 0 Å². The number of amides is 1. The average molecular weight is 281 g/mol. The Morgan fingerprint density at radius 3 is 2.90 bits per heavy atom. The van der Waals surface area contributed by atoms with Crippen LogP contribution in [0.1, 0.15) is 45.9 Å². The number of benzene rings is 2. The zero-order valence-corrected chi connectivity index (χ0v) is 12.1. The normalized spacial score (nSPS) is 17.1. The summed E-state index contributed by atoms with van der Waals surface area (Å²) in [6.45, 7) is 1.91. The van der Waals surface area contributed by atoms with E-state index in [1.165, 1.54) is 11.1 Å². The molecule has 1 atom stereocenters. The number of phenols is 1. The maximum Gasteiger partial charge on any atom is 0.255 e. The van der Waals surface area contributed by atoms with Crippen molar-refractivity contribution < 1.29 is 9.90 Å². The highest BCUT2D eigenvalue weighted by Gasteiger charge is 2.22. The van der Waals surface area contributed by atoms with Gasteiger partial charge in [0.05, 0.1) is 11.6 Å². The fourth-order valence-electron chi connectivity index (χ4n) is 2.97. The van der Waals surface area contributed by atoms with Crippen LogP contribution in [0, 0.1) is 6.92 Å². The molecule has 2 aromatic rings. The smallest absolute Gasteiger partial charge is 0.255 e. The van der Waals surface area contributed by atoms with Crippen molar-refractivity contribution >= 4 is 5.91 Å². The van der Waals surface area contributed by atoms with E-state index in [0.717, 1.165) is 24.8 Å². The Labute approximate surface area is 124 Å². The molecule has 0 heterocycles. The van der Waals surface area contributed by atoms with Gasteiger partial charge < -0.3 is 10.4 Å². The van der Waals surface area contributed by atoms with Crippen molar-refractivity contribution in [1.29, 1.82) is 0 Å². The summed E-state index contributed by atoms with van der Waals surface area (Å²) >= 11 is 0. The van der Waals surface area contributed by atoms with Crippen molar-refractivity contribution in [2.24, 2.45) is 0 Å². The molecular weight excluding hydrogens is 262 g/mol. The quantitative estimate of drug-likeness (QED) is 0.885. The van der Waals surface area contributed by atoms with Gasteiger partial charge in [0.2, 0.25) is 0 Å². The minimum absolute atomic E-state index is 0.0298. The highest BCUT2D eigenvalue weighted by molar-refractivity contribution is 5.97. The summed E-state index contributed by atoms with van der Waals surface area (Å²) in [6, 6.07) is 13.4. The van der Waals surface area contributed by atoms with Crippen LogP contribution in [0.3, 0.4) is 0 Å². The highest BCUT2D eigenvalue weighted by Crippen LogP contribution is 2.30. The topological polar surface area (TPSA) is 49.3 Å². The van der Waals surface area contributed by atoms with Crippen LogP contribution in [0.25, 0.3) is 0 Å². The van der Waals surface area contributed by atoms with Crippen molar-refractivity contribution in [3.63, 3.8) is 0 Å². The monoisotopic (exact) mass is 281 g/mol. The van der Waals surface area contributed by atoms with E-state index in [-0.39, 0.29) is 17.7 Å². The molecule has 3 rings (SSSR count). The van der Waals surface area contributed by atoms with Gasteiger partial charge in [0.1, 0.15) is 5.75 Å². The zero-order valence-electron chi connectivity index (χ0n) is 12.1. The van der Waals surface area contributed by atoms with Crippen LogP contribution in [0.2, 0.25) is 0 Å². The lowest BCUT2D eigenvalue weighted by molar-refractivity contribution is 0.0930. The number of phenolic OH excluding ortho intramolecular Hbond substituents is 1. The second-order valence-electron chi connectivity index (χ2n) is 5.64. The number of hydrogen-bond acceptors (Lipinski definition) is 2.